The fourth-order valence-corrected chi connectivity index (χ4v) is 5.58. The highest BCUT2D eigenvalue weighted by Crippen LogP contribution is 2.66. The second-order valence-corrected chi connectivity index (χ2v) is 6.27. The Morgan fingerprint density at radius 1 is 1.00 bits per heavy atom. The van der Waals surface area contributed by atoms with Crippen molar-refractivity contribution in [3.8, 4) is 0 Å². The van der Waals surface area contributed by atoms with Crippen LogP contribution in [0.5, 0.6) is 0 Å². The van der Waals surface area contributed by atoms with Crippen LogP contribution in [-0.4, -0.2) is 39.5 Å². The maximum Gasteiger partial charge on any atom is 0.107 e. The Kier molecular flexibility index (Phi) is 1.44. The first-order valence-corrected chi connectivity index (χ1v) is 6.27. The van der Waals surface area contributed by atoms with Crippen LogP contribution in [0.3, 0.4) is 0 Å². The Hall–Kier alpha value is 0.360. The largest absolute Gasteiger partial charge is 0.390 e. The van der Waals surface area contributed by atoms with E-state index < -0.39 is 12.2 Å². The molecule has 3 saturated carbocycles. The van der Waals surface area contributed by atoms with Gasteiger partial charge in [0.2, 0.25) is 0 Å². The van der Waals surface area contributed by atoms with E-state index in [1.165, 1.54) is 6.42 Å². The molecule has 1 aliphatic heterocycles. The van der Waals surface area contributed by atoms with Crippen LogP contribution in [-0.2, 0) is 4.74 Å². The van der Waals surface area contributed by atoms with E-state index in [4.69, 9.17) is 4.74 Å². The van der Waals surface area contributed by atoms with Gasteiger partial charge in [-0.2, -0.15) is 0 Å². The van der Waals surface area contributed by atoms with Gasteiger partial charge in [-0.25, -0.2) is 0 Å². The van der Waals surface area contributed by atoms with E-state index >= 15 is 0 Å². The number of aliphatic hydroxyl groups is 2. The van der Waals surface area contributed by atoms with Gasteiger partial charge >= 0.3 is 0 Å². The van der Waals surface area contributed by atoms with Crippen LogP contribution in [0.4, 0.5) is 0 Å². The van der Waals surface area contributed by atoms with Crippen LogP contribution in [0.15, 0.2) is 0 Å². The topological polar surface area (TPSA) is 49.7 Å². The number of ether oxygens (including phenoxy) is 1. The number of rotatable bonds is 0. The van der Waals surface area contributed by atoms with E-state index in [0.29, 0.717) is 28.7 Å². The Balaban J connectivity index is 1.84. The van der Waals surface area contributed by atoms with Crippen molar-refractivity contribution in [2.24, 2.45) is 23.7 Å². The van der Waals surface area contributed by atoms with Gasteiger partial charge in [0.05, 0.1) is 18.3 Å². The van der Waals surface area contributed by atoms with Crippen molar-refractivity contribution in [2.45, 2.75) is 35.7 Å². The van der Waals surface area contributed by atoms with Gasteiger partial charge in [-0.1, -0.05) is 15.9 Å². The number of halogens is 1. The average Bonchev–Trinajstić information content (AvgIpc) is 2.78. The zero-order chi connectivity index (χ0) is 9.61. The number of hydrogen-bond acceptors (Lipinski definition) is 3. The molecule has 3 nitrogen and oxygen atoms in total. The number of hydrogen-bond donors (Lipinski definition) is 2. The van der Waals surface area contributed by atoms with Gasteiger partial charge in [-0.15, -0.1) is 0 Å². The van der Waals surface area contributed by atoms with Crippen LogP contribution >= 0.6 is 15.9 Å². The van der Waals surface area contributed by atoms with E-state index in [1.54, 1.807) is 0 Å². The molecular formula is C10H13BrO3. The summed E-state index contributed by atoms with van der Waals surface area (Å²) in [6.07, 6.45) is 0.198. The molecule has 0 aromatic rings. The van der Waals surface area contributed by atoms with Crippen LogP contribution in [0.25, 0.3) is 0 Å². The van der Waals surface area contributed by atoms with Gasteiger partial charge < -0.3 is 14.9 Å². The lowest BCUT2D eigenvalue weighted by Gasteiger charge is -2.31. The quantitative estimate of drug-likeness (QED) is 0.610. The first-order chi connectivity index (χ1) is 6.70. The minimum absolute atomic E-state index is 0.0856. The average molecular weight is 261 g/mol. The summed E-state index contributed by atoms with van der Waals surface area (Å²) in [5.41, 5.74) is 0. The zero-order valence-corrected chi connectivity index (χ0v) is 9.17. The minimum Gasteiger partial charge on any atom is -0.390 e. The van der Waals surface area contributed by atoms with Gasteiger partial charge in [-0.3, -0.25) is 0 Å². The molecule has 78 valence electrons. The molecule has 2 bridgehead atoms. The summed E-state index contributed by atoms with van der Waals surface area (Å²) in [5.74, 6) is 1.82. The molecule has 1 heterocycles. The highest BCUT2D eigenvalue weighted by molar-refractivity contribution is 9.09. The lowest BCUT2D eigenvalue weighted by Crippen LogP contribution is -2.41. The Morgan fingerprint density at radius 2 is 1.79 bits per heavy atom. The third kappa shape index (κ3) is 0.682. The molecule has 1 saturated heterocycles. The fourth-order valence-electron chi connectivity index (χ4n) is 4.50. The smallest absolute Gasteiger partial charge is 0.107 e. The molecule has 4 heteroatoms. The van der Waals surface area contributed by atoms with Crippen molar-refractivity contribution in [3.05, 3.63) is 0 Å². The van der Waals surface area contributed by atoms with Crippen LogP contribution in [0.1, 0.15) is 6.42 Å². The van der Waals surface area contributed by atoms with Crippen molar-refractivity contribution in [1.82, 2.24) is 0 Å². The minimum atomic E-state index is -0.639. The Bertz CT molecular complexity index is 295. The molecule has 0 amide bonds. The number of alkyl halides is 1. The zero-order valence-electron chi connectivity index (χ0n) is 7.58. The van der Waals surface area contributed by atoms with Crippen molar-refractivity contribution >= 4 is 15.9 Å². The SMILES string of the molecule is O[C@@H]1[C@H](O)[C@@H]2[C@H]3[C@H]4C[C@@H]2C(Br)[C@H]4O[C@@H]13. The van der Waals surface area contributed by atoms with Gasteiger partial charge in [-0.05, 0) is 30.1 Å². The molecule has 14 heavy (non-hydrogen) atoms. The summed E-state index contributed by atoms with van der Waals surface area (Å²) in [7, 11) is 0. The molecule has 3 aliphatic carbocycles. The van der Waals surface area contributed by atoms with Gasteiger partial charge in [0, 0.05) is 4.83 Å². The molecule has 4 fully saturated rings. The molecule has 4 rings (SSSR count). The molecule has 0 radical (unpaired) electrons. The summed E-state index contributed by atoms with van der Waals surface area (Å²) < 4.78 is 5.87. The lowest BCUT2D eigenvalue weighted by molar-refractivity contribution is -0.0785. The van der Waals surface area contributed by atoms with Crippen LogP contribution in [0.2, 0.25) is 0 Å². The molecule has 0 aromatic carbocycles. The maximum absolute atomic E-state index is 9.95. The van der Waals surface area contributed by atoms with Crippen molar-refractivity contribution < 1.29 is 14.9 Å². The van der Waals surface area contributed by atoms with Crippen molar-refractivity contribution in [1.29, 1.82) is 0 Å². The standard InChI is InChI=1S/C10H13BrO3/c11-6-2-1-3-5-4(2)7(12)8(13)10(5)14-9(3)6/h2-10,12-13H,1H2/t2-,3+,4-,5+,6?,7+,8+,9-,10+/m0/s1. The molecule has 0 aromatic heterocycles. The van der Waals surface area contributed by atoms with Crippen molar-refractivity contribution in [3.63, 3.8) is 0 Å². The molecular weight excluding hydrogens is 248 g/mol. The molecule has 9 atom stereocenters. The normalized spacial score (nSPS) is 73.5. The molecule has 4 aliphatic rings. The van der Waals surface area contributed by atoms with Crippen molar-refractivity contribution in [2.75, 3.05) is 0 Å². The van der Waals surface area contributed by atoms with Crippen LogP contribution in [0, 0.1) is 23.7 Å². The van der Waals surface area contributed by atoms with Crippen LogP contribution < -0.4 is 0 Å². The Labute approximate surface area is 90.6 Å². The predicted octanol–water partition coefficient (Wildman–Crippen LogP) is 0.135. The third-order valence-corrected chi connectivity index (χ3v) is 6.10. The van der Waals surface area contributed by atoms with Gasteiger partial charge in [0.15, 0.2) is 0 Å². The van der Waals surface area contributed by atoms with E-state index in [0.717, 1.165) is 0 Å². The van der Waals surface area contributed by atoms with E-state index in [9.17, 15) is 10.2 Å². The summed E-state index contributed by atoms with van der Waals surface area (Å²) in [5, 5.41) is 19.8. The second-order valence-electron chi connectivity index (χ2n) is 5.21. The number of aliphatic hydroxyl groups excluding tert-OH is 2. The highest BCUT2D eigenvalue weighted by atomic mass is 79.9. The summed E-state index contributed by atoms with van der Waals surface area (Å²) in [6.45, 7) is 0. The lowest BCUT2D eigenvalue weighted by atomic mass is 9.81. The maximum atomic E-state index is 9.95. The van der Waals surface area contributed by atoms with Gasteiger partial charge in [0.1, 0.15) is 6.10 Å². The third-order valence-electron chi connectivity index (χ3n) is 4.90. The fraction of sp³-hybridized carbons (Fsp3) is 1.00. The highest BCUT2D eigenvalue weighted by Gasteiger charge is 2.71. The molecule has 2 N–H and O–H groups in total. The first kappa shape index (κ1) is 8.50. The second kappa shape index (κ2) is 2.37. The Morgan fingerprint density at radius 3 is 2.57 bits per heavy atom. The predicted molar refractivity (Wildman–Crippen MR) is 52.0 cm³/mol. The summed E-state index contributed by atoms with van der Waals surface area (Å²) >= 11 is 3.68. The first-order valence-electron chi connectivity index (χ1n) is 5.36. The summed E-state index contributed by atoms with van der Waals surface area (Å²) in [4.78, 5) is 0.404. The number of fused-ring (bicyclic) bond motifs is 2. The molecule has 0 spiro atoms. The van der Waals surface area contributed by atoms with E-state index in [1.807, 2.05) is 0 Å². The van der Waals surface area contributed by atoms with E-state index in [-0.39, 0.29) is 12.0 Å². The molecule has 1 unspecified atom stereocenters. The monoisotopic (exact) mass is 260 g/mol. The van der Waals surface area contributed by atoms with Gasteiger partial charge in [0.25, 0.3) is 0 Å². The van der Waals surface area contributed by atoms with E-state index in [2.05, 4.69) is 15.9 Å². The summed E-state index contributed by atoms with van der Waals surface area (Å²) in [6, 6.07) is 0.